The third-order valence-corrected chi connectivity index (χ3v) is 3.21. The highest BCUT2D eigenvalue weighted by Gasteiger charge is 2.21. The molecule has 0 saturated carbocycles. The summed E-state index contributed by atoms with van der Waals surface area (Å²) in [5.74, 6) is 0.145. The fraction of sp³-hybridized carbons (Fsp3) is 0.583. The average molecular weight is 249 g/mol. The number of amides is 1. The Balaban J connectivity index is 1.92. The van der Waals surface area contributed by atoms with Crippen LogP contribution in [-0.4, -0.2) is 46.7 Å². The van der Waals surface area contributed by atoms with Crippen LogP contribution in [0.5, 0.6) is 0 Å². The first-order valence-corrected chi connectivity index (χ1v) is 6.31. The zero-order chi connectivity index (χ0) is 13.0. The summed E-state index contributed by atoms with van der Waals surface area (Å²) in [6.07, 6.45) is 2.14. The third-order valence-electron chi connectivity index (χ3n) is 3.21. The minimum Gasteiger partial charge on any atom is -0.382 e. The number of hydrogen-bond donors (Lipinski definition) is 2. The van der Waals surface area contributed by atoms with E-state index < -0.39 is 0 Å². The largest absolute Gasteiger partial charge is 0.382 e. The van der Waals surface area contributed by atoms with Gasteiger partial charge in [-0.25, -0.2) is 0 Å². The molecule has 98 valence electrons. The molecule has 1 aliphatic heterocycles. The van der Waals surface area contributed by atoms with Crippen molar-refractivity contribution in [2.75, 3.05) is 25.4 Å². The van der Waals surface area contributed by atoms with Gasteiger partial charge in [0.15, 0.2) is 5.69 Å². The fourth-order valence-electron chi connectivity index (χ4n) is 2.18. The number of nitrogens with zero attached hydrogens (tertiary/aromatic N) is 3. The first-order chi connectivity index (χ1) is 8.69. The van der Waals surface area contributed by atoms with E-state index in [0.29, 0.717) is 11.5 Å². The summed E-state index contributed by atoms with van der Waals surface area (Å²) >= 11 is 0. The summed E-state index contributed by atoms with van der Waals surface area (Å²) in [4.78, 5) is 14.3. The molecule has 1 aliphatic rings. The van der Waals surface area contributed by atoms with E-state index in [4.69, 9.17) is 5.73 Å². The van der Waals surface area contributed by atoms with Gasteiger partial charge < -0.3 is 16.0 Å². The van der Waals surface area contributed by atoms with E-state index >= 15 is 0 Å². The highest BCUT2D eigenvalue weighted by Crippen LogP contribution is 2.10. The number of carbonyl (C=O) groups excluding carboxylic acids is 1. The molecule has 0 spiro atoms. The van der Waals surface area contributed by atoms with Crippen LogP contribution in [0.4, 0.5) is 5.82 Å². The van der Waals surface area contributed by atoms with E-state index in [-0.39, 0.29) is 11.9 Å². The summed E-state index contributed by atoms with van der Waals surface area (Å²) in [6.45, 7) is 5.18. The summed E-state index contributed by atoms with van der Waals surface area (Å²) in [7, 11) is 0. The molecule has 1 atom stereocenters. The number of nitrogens with two attached hydrogens (primary N) is 1. The van der Waals surface area contributed by atoms with Crippen LogP contribution in [0.3, 0.4) is 0 Å². The predicted molar refractivity (Wildman–Crippen MR) is 69.0 cm³/mol. The molecule has 0 bridgehead atoms. The standard InChI is InChI=1S/C12H19N5O/c1-2-17-7-3-4-9(8-17)14-12(18)10-5-6-11(13)16-15-10/h5-6,9H,2-4,7-8H2,1H3,(H2,13,16)(H,14,18). The molecule has 1 fully saturated rings. The predicted octanol–water partition coefficient (Wildman–Crippen LogP) is 0.273. The minimum atomic E-state index is -0.176. The van der Waals surface area contributed by atoms with Crippen molar-refractivity contribution in [3.05, 3.63) is 17.8 Å². The van der Waals surface area contributed by atoms with Crippen molar-refractivity contribution in [2.45, 2.75) is 25.8 Å². The lowest BCUT2D eigenvalue weighted by molar-refractivity contribution is 0.0900. The second kappa shape index (κ2) is 5.77. The Bertz CT molecular complexity index is 405. The zero-order valence-electron chi connectivity index (χ0n) is 10.6. The van der Waals surface area contributed by atoms with E-state index in [1.165, 1.54) is 0 Å². The van der Waals surface area contributed by atoms with Gasteiger partial charge in [0.05, 0.1) is 0 Å². The maximum Gasteiger partial charge on any atom is 0.272 e. The number of likely N-dealkylation sites (N-methyl/N-ethyl adjacent to an activating group) is 1. The van der Waals surface area contributed by atoms with Crippen molar-refractivity contribution in [1.82, 2.24) is 20.4 Å². The van der Waals surface area contributed by atoms with E-state index in [1.807, 2.05) is 0 Å². The Morgan fingerprint density at radius 1 is 1.56 bits per heavy atom. The quantitative estimate of drug-likeness (QED) is 0.803. The number of likely N-dealkylation sites (tertiary alicyclic amines) is 1. The number of carbonyl (C=O) groups is 1. The minimum absolute atomic E-state index is 0.176. The Kier molecular flexibility index (Phi) is 4.09. The Hall–Kier alpha value is -1.69. The highest BCUT2D eigenvalue weighted by atomic mass is 16.2. The lowest BCUT2D eigenvalue weighted by atomic mass is 10.1. The smallest absolute Gasteiger partial charge is 0.272 e. The molecule has 1 unspecified atom stereocenters. The third kappa shape index (κ3) is 3.16. The first-order valence-electron chi connectivity index (χ1n) is 6.31. The van der Waals surface area contributed by atoms with Gasteiger partial charge in [-0.2, -0.15) is 0 Å². The van der Waals surface area contributed by atoms with Gasteiger partial charge in [0, 0.05) is 12.6 Å². The summed E-state index contributed by atoms with van der Waals surface area (Å²) in [6, 6.07) is 3.38. The Labute approximate surface area is 107 Å². The molecule has 0 radical (unpaired) electrons. The second-order valence-electron chi connectivity index (χ2n) is 4.55. The van der Waals surface area contributed by atoms with E-state index in [1.54, 1.807) is 12.1 Å². The van der Waals surface area contributed by atoms with Crippen LogP contribution in [0.25, 0.3) is 0 Å². The van der Waals surface area contributed by atoms with E-state index in [0.717, 1.165) is 32.5 Å². The van der Waals surface area contributed by atoms with Crippen LogP contribution in [0, 0.1) is 0 Å². The van der Waals surface area contributed by atoms with E-state index in [9.17, 15) is 4.79 Å². The first kappa shape index (κ1) is 12.8. The molecule has 1 aromatic rings. The van der Waals surface area contributed by atoms with Gasteiger partial charge in [-0.05, 0) is 38.1 Å². The monoisotopic (exact) mass is 249 g/mol. The van der Waals surface area contributed by atoms with Gasteiger partial charge >= 0.3 is 0 Å². The molecule has 6 heteroatoms. The number of piperidine rings is 1. The molecule has 1 saturated heterocycles. The zero-order valence-corrected chi connectivity index (χ0v) is 10.6. The lowest BCUT2D eigenvalue weighted by Crippen LogP contribution is -2.47. The number of aromatic nitrogens is 2. The molecular formula is C12H19N5O. The number of hydrogen-bond acceptors (Lipinski definition) is 5. The normalized spacial score (nSPS) is 20.6. The molecule has 0 aromatic carbocycles. The lowest BCUT2D eigenvalue weighted by Gasteiger charge is -2.32. The number of rotatable bonds is 3. The molecule has 1 amide bonds. The number of anilines is 1. The SMILES string of the molecule is CCN1CCCC(NC(=O)c2ccc(N)nn2)C1. The van der Waals surface area contributed by atoms with Gasteiger partial charge in [0.25, 0.3) is 5.91 Å². The van der Waals surface area contributed by atoms with Gasteiger partial charge in [-0.1, -0.05) is 6.92 Å². The van der Waals surface area contributed by atoms with Gasteiger partial charge in [0.1, 0.15) is 5.82 Å². The molecule has 2 heterocycles. The molecule has 6 nitrogen and oxygen atoms in total. The van der Waals surface area contributed by atoms with Crippen LogP contribution in [-0.2, 0) is 0 Å². The molecular weight excluding hydrogens is 230 g/mol. The van der Waals surface area contributed by atoms with Crippen molar-refractivity contribution in [3.63, 3.8) is 0 Å². The van der Waals surface area contributed by atoms with Crippen LogP contribution in [0.1, 0.15) is 30.3 Å². The van der Waals surface area contributed by atoms with Gasteiger partial charge in [-0.15, -0.1) is 10.2 Å². The van der Waals surface area contributed by atoms with E-state index in [2.05, 4.69) is 27.3 Å². The van der Waals surface area contributed by atoms with Crippen molar-refractivity contribution in [1.29, 1.82) is 0 Å². The van der Waals surface area contributed by atoms with Crippen molar-refractivity contribution in [2.24, 2.45) is 0 Å². The van der Waals surface area contributed by atoms with Gasteiger partial charge in [-0.3, -0.25) is 4.79 Å². The fourth-order valence-corrected chi connectivity index (χ4v) is 2.18. The number of nitrogen functional groups attached to an aromatic ring is 1. The molecule has 3 N–H and O–H groups in total. The van der Waals surface area contributed by atoms with Crippen LogP contribution < -0.4 is 11.1 Å². The molecule has 0 aliphatic carbocycles. The Morgan fingerprint density at radius 2 is 2.39 bits per heavy atom. The van der Waals surface area contributed by atoms with Crippen LogP contribution in [0.2, 0.25) is 0 Å². The van der Waals surface area contributed by atoms with Crippen molar-refractivity contribution >= 4 is 11.7 Å². The second-order valence-corrected chi connectivity index (χ2v) is 4.55. The highest BCUT2D eigenvalue weighted by molar-refractivity contribution is 5.92. The molecule has 2 rings (SSSR count). The molecule has 18 heavy (non-hydrogen) atoms. The Morgan fingerprint density at radius 3 is 3.06 bits per heavy atom. The van der Waals surface area contributed by atoms with Gasteiger partial charge in [0.2, 0.25) is 0 Å². The maximum absolute atomic E-state index is 11.9. The summed E-state index contributed by atoms with van der Waals surface area (Å²) in [5, 5.41) is 10.5. The topological polar surface area (TPSA) is 84.1 Å². The number of nitrogens with one attached hydrogen (secondary N) is 1. The van der Waals surface area contributed by atoms with Crippen LogP contribution in [0.15, 0.2) is 12.1 Å². The maximum atomic E-state index is 11.9. The summed E-state index contributed by atoms with van der Waals surface area (Å²) in [5.41, 5.74) is 5.75. The molecule has 1 aromatic heterocycles. The van der Waals surface area contributed by atoms with Crippen LogP contribution >= 0.6 is 0 Å². The van der Waals surface area contributed by atoms with Crippen molar-refractivity contribution < 1.29 is 4.79 Å². The van der Waals surface area contributed by atoms with Crippen molar-refractivity contribution in [3.8, 4) is 0 Å². The average Bonchev–Trinajstić information content (AvgIpc) is 2.39. The summed E-state index contributed by atoms with van der Waals surface area (Å²) < 4.78 is 0.